The summed E-state index contributed by atoms with van der Waals surface area (Å²) in [6.45, 7) is 4.21. The second kappa shape index (κ2) is 4.91. The van der Waals surface area contributed by atoms with Crippen LogP contribution in [0.4, 0.5) is 10.5 Å². The average Bonchev–Trinajstić information content (AvgIpc) is 2.84. The third-order valence-electron chi connectivity index (χ3n) is 3.36. The van der Waals surface area contributed by atoms with Crippen LogP contribution in [-0.4, -0.2) is 23.1 Å². The summed E-state index contributed by atoms with van der Waals surface area (Å²) in [5.74, 6) is -0.888. The molecule has 2 amide bonds. The Hall–Kier alpha value is -2.04. The average molecular weight is 262 g/mol. The highest BCUT2D eigenvalue weighted by atomic mass is 16.4. The first-order valence-corrected chi connectivity index (χ1v) is 6.25. The Morgan fingerprint density at radius 3 is 2.68 bits per heavy atom. The number of carboxylic acid groups (broad SMARTS) is 1. The van der Waals surface area contributed by atoms with Gasteiger partial charge in [-0.15, -0.1) is 0 Å². The minimum atomic E-state index is -0.888. The zero-order valence-corrected chi connectivity index (χ0v) is 11.1. The van der Waals surface area contributed by atoms with E-state index < -0.39 is 5.97 Å². The van der Waals surface area contributed by atoms with E-state index in [1.165, 1.54) is 0 Å². The summed E-state index contributed by atoms with van der Waals surface area (Å²) in [6.07, 6.45) is 0.937. The lowest BCUT2D eigenvalue weighted by Crippen LogP contribution is -2.32. The molecule has 3 N–H and O–H groups in total. The van der Waals surface area contributed by atoms with Crippen molar-refractivity contribution in [2.24, 2.45) is 5.41 Å². The lowest BCUT2D eigenvalue weighted by atomic mass is 10.1. The third-order valence-corrected chi connectivity index (χ3v) is 3.36. The van der Waals surface area contributed by atoms with Crippen LogP contribution in [0.5, 0.6) is 0 Å². The zero-order valence-electron chi connectivity index (χ0n) is 11.1. The summed E-state index contributed by atoms with van der Waals surface area (Å²) in [5, 5.41) is 14.3. The number of amides is 2. The number of benzene rings is 1. The first-order valence-electron chi connectivity index (χ1n) is 6.25. The molecule has 0 radical (unpaired) electrons. The molecule has 0 aromatic heterocycles. The first-order chi connectivity index (χ1) is 8.87. The Balaban J connectivity index is 1.91. The van der Waals surface area contributed by atoms with Crippen LogP contribution in [0.3, 0.4) is 0 Å². The third kappa shape index (κ3) is 3.71. The molecule has 1 saturated carbocycles. The lowest BCUT2D eigenvalue weighted by molar-refractivity contribution is -0.136. The van der Waals surface area contributed by atoms with Crippen molar-refractivity contribution in [2.75, 3.05) is 5.32 Å². The highest BCUT2D eigenvalue weighted by Crippen LogP contribution is 2.44. The number of hydrogen-bond acceptors (Lipinski definition) is 2. The molecule has 1 aliphatic carbocycles. The summed E-state index contributed by atoms with van der Waals surface area (Å²) in [5.41, 5.74) is 1.45. The SMILES string of the molecule is CC1(C)CC1NC(=O)Nc1cccc(CC(=O)O)c1. The fourth-order valence-electron chi connectivity index (χ4n) is 1.97. The van der Waals surface area contributed by atoms with Crippen molar-refractivity contribution in [1.29, 1.82) is 0 Å². The van der Waals surface area contributed by atoms with Gasteiger partial charge in [0, 0.05) is 11.7 Å². The molecule has 1 atom stereocenters. The molecular formula is C14H18N2O3. The Kier molecular flexibility index (Phi) is 3.46. The van der Waals surface area contributed by atoms with Crippen LogP contribution >= 0.6 is 0 Å². The second-order valence-electron chi connectivity index (χ2n) is 5.61. The normalized spacial score (nSPS) is 19.6. The number of aliphatic carboxylic acids is 1. The van der Waals surface area contributed by atoms with E-state index in [2.05, 4.69) is 24.5 Å². The van der Waals surface area contributed by atoms with Gasteiger partial charge in [0.2, 0.25) is 0 Å². The first kappa shape index (κ1) is 13.4. The predicted octanol–water partition coefficient (Wildman–Crippen LogP) is 2.23. The highest BCUT2D eigenvalue weighted by Gasteiger charge is 2.46. The van der Waals surface area contributed by atoms with Crippen LogP contribution in [0.15, 0.2) is 24.3 Å². The number of carboxylic acids is 1. The monoisotopic (exact) mass is 262 g/mol. The van der Waals surface area contributed by atoms with Crippen LogP contribution < -0.4 is 10.6 Å². The van der Waals surface area contributed by atoms with E-state index in [9.17, 15) is 9.59 Å². The molecule has 1 aliphatic rings. The van der Waals surface area contributed by atoms with Gasteiger partial charge >= 0.3 is 12.0 Å². The maximum absolute atomic E-state index is 11.7. The Morgan fingerprint density at radius 2 is 2.11 bits per heavy atom. The van der Waals surface area contributed by atoms with Crippen molar-refractivity contribution in [3.8, 4) is 0 Å². The van der Waals surface area contributed by atoms with Gasteiger partial charge in [0.1, 0.15) is 0 Å². The molecule has 1 aromatic rings. The van der Waals surface area contributed by atoms with Crippen molar-refractivity contribution in [2.45, 2.75) is 32.7 Å². The van der Waals surface area contributed by atoms with Gasteiger partial charge < -0.3 is 15.7 Å². The molecular weight excluding hydrogens is 244 g/mol. The minimum absolute atomic E-state index is 0.0488. The fraction of sp³-hybridized carbons (Fsp3) is 0.429. The minimum Gasteiger partial charge on any atom is -0.481 e. The molecule has 0 heterocycles. The molecule has 2 rings (SSSR count). The molecule has 0 saturated heterocycles. The van der Waals surface area contributed by atoms with E-state index in [4.69, 9.17) is 5.11 Å². The molecule has 1 aromatic carbocycles. The van der Waals surface area contributed by atoms with Crippen molar-refractivity contribution < 1.29 is 14.7 Å². The Labute approximate surface area is 112 Å². The van der Waals surface area contributed by atoms with Gasteiger partial charge in [-0.25, -0.2) is 4.79 Å². The van der Waals surface area contributed by atoms with E-state index in [1.807, 2.05) is 0 Å². The van der Waals surface area contributed by atoms with Crippen molar-refractivity contribution >= 4 is 17.7 Å². The van der Waals surface area contributed by atoms with Gasteiger partial charge in [-0.3, -0.25) is 4.79 Å². The van der Waals surface area contributed by atoms with Crippen molar-refractivity contribution in [3.05, 3.63) is 29.8 Å². The molecule has 1 fully saturated rings. The summed E-state index contributed by atoms with van der Waals surface area (Å²) >= 11 is 0. The molecule has 5 heteroatoms. The molecule has 1 unspecified atom stereocenters. The zero-order chi connectivity index (χ0) is 14.0. The van der Waals surface area contributed by atoms with Crippen LogP contribution in [0.1, 0.15) is 25.8 Å². The van der Waals surface area contributed by atoms with Gasteiger partial charge in [-0.2, -0.15) is 0 Å². The summed E-state index contributed by atoms with van der Waals surface area (Å²) < 4.78 is 0. The Morgan fingerprint density at radius 1 is 1.42 bits per heavy atom. The number of rotatable bonds is 4. The highest BCUT2D eigenvalue weighted by molar-refractivity contribution is 5.90. The maximum Gasteiger partial charge on any atom is 0.319 e. The van der Waals surface area contributed by atoms with Crippen molar-refractivity contribution in [3.63, 3.8) is 0 Å². The lowest BCUT2D eigenvalue weighted by Gasteiger charge is -2.09. The molecule has 5 nitrogen and oxygen atoms in total. The number of hydrogen-bond donors (Lipinski definition) is 3. The van der Waals surface area contributed by atoms with Crippen molar-refractivity contribution in [1.82, 2.24) is 5.32 Å². The second-order valence-corrected chi connectivity index (χ2v) is 5.61. The van der Waals surface area contributed by atoms with E-state index in [-0.39, 0.29) is 23.9 Å². The van der Waals surface area contributed by atoms with Crippen LogP contribution in [-0.2, 0) is 11.2 Å². The molecule has 0 spiro atoms. The predicted molar refractivity (Wildman–Crippen MR) is 72.1 cm³/mol. The Bertz CT molecular complexity index is 511. The maximum atomic E-state index is 11.7. The van der Waals surface area contributed by atoms with Crippen LogP contribution in [0.25, 0.3) is 0 Å². The molecule has 19 heavy (non-hydrogen) atoms. The van der Waals surface area contributed by atoms with Gasteiger partial charge in [0.05, 0.1) is 6.42 Å². The topological polar surface area (TPSA) is 78.4 Å². The quantitative estimate of drug-likeness (QED) is 0.778. The summed E-state index contributed by atoms with van der Waals surface area (Å²) in [4.78, 5) is 22.4. The van der Waals surface area contributed by atoms with Crippen LogP contribution in [0, 0.1) is 5.41 Å². The summed E-state index contributed by atoms with van der Waals surface area (Å²) in [6, 6.07) is 6.84. The van der Waals surface area contributed by atoms with Gasteiger partial charge in [0.15, 0.2) is 0 Å². The van der Waals surface area contributed by atoms with Gasteiger partial charge in [-0.1, -0.05) is 26.0 Å². The standard InChI is InChI=1S/C14H18N2O3/c1-14(2)8-11(14)16-13(19)15-10-5-3-4-9(6-10)7-12(17)18/h3-6,11H,7-8H2,1-2H3,(H,17,18)(H2,15,16,19). The van der Waals surface area contributed by atoms with Gasteiger partial charge in [0.25, 0.3) is 0 Å². The van der Waals surface area contributed by atoms with E-state index >= 15 is 0 Å². The number of anilines is 1. The van der Waals surface area contributed by atoms with Crippen LogP contribution in [0.2, 0.25) is 0 Å². The number of carbonyl (C=O) groups excluding carboxylic acids is 1. The van der Waals surface area contributed by atoms with E-state index in [1.54, 1.807) is 24.3 Å². The molecule has 102 valence electrons. The van der Waals surface area contributed by atoms with E-state index in [0.29, 0.717) is 11.3 Å². The number of carbonyl (C=O) groups is 2. The fourth-order valence-corrected chi connectivity index (χ4v) is 1.97. The molecule has 0 aliphatic heterocycles. The largest absolute Gasteiger partial charge is 0.481 e. The molecule has 0 bridgehead atoms. The summed E-state index contributed by atoms with van der Waals surface area (Å²) in [7, 11) is 0. The number of nitrogens with one attached hydrogen (secondary N) is 2. The number of urea groups is 1. The smallest absolute Gasteiger partial charge is 0.319 e. The van der Waals surface area contributed by atoms with E-state index in [0.717, 1.165) is 6.42 Å². The van der Waals surface area contributed by atoms with Gasteiger partial charge in [-0.05, 0) is 29.5 Å².